The summed E-state index contributed by atoms with van der Waals surface area (Å²) in [5.41, 5.74) is -0.0669. The van der Waals surface area contributed by atoms with E-state index >= 15 is 0 Å². The second-order valence-corrected chi connectivity index (χ2v) is 3.92. The van der Waals surface area contributed by atoms with Gasteiger partial charge in [-0.2, -0.15) is 0 Å². The third-order valence-corrected chi connectivity index (χ3v) is 2.96. The monoisotopic (exact) mass is 184 g/mol. The lowest BCUT2D eigenvalue weighted by Crippen LogP contribution is -2.36. The molecule has 1 fully saturated rings. The van der Waals surface area contributed by atoms with Crippen LogP contribution >= 0.6 is 0 Å². The van der Waals surface area contributed by atoms with Gasteiger partial charge in [-0.25, -0.2) is 0 Å². The fourth-order valence-electron chi connectivity index (χ4n) is 1.77. The fraction of sp³-hybridized carbons (Fsp3) is 0.700. The quantitative estimate of drug-likeness (QED) is 0.640. The first kappa shape index (κ1) is 10.3. The zero-order valence-electron chi connectivity index (χ0n) is 7.92. The molecule has 0 heterocycles. The van der Waals surface area contributed by atoms with E-state index in [4.69, 9.17) is 5.11 Å². The standard InChI is InChI=1S/C10H16O3/c1-7(2)10(13)5-3-8(4-6-10)9(11)12/h8,13H,1,3-6H2,2H3,(H,11,12). The van der Waals surface area contributed by atoms with Crippen molar-refractivity contribution in [3.05, 3.63) is 12.2 Å². The minimum Gasteiger partial charge on any atom is -0.481 e. The molecule has 0 spiro atoms. The Kier molecular flexibility index (Phi) is 2.76. The molecule has 0 aromatic rings. The van der Waals surface area contributed by atoms with Crippen molar-refractivity contribution in [2.45, 2.75) is 38.2 Å². The third-order valence-electron chi connectivity index (χ3n) is 2.96. The molecule has 1 aliphatic rings. The first-order valence-corrected chi connectivity index (χ1v) is 4.57. The fourth-order valence-corrected chi connectivity index (χ4v) is 1.77. The molecule has 0 bridgehead atoms. The zero-order valence-corrected chi connectivity index (χ0v) is 7.92. The minimum atomic E-state index is -0.814. The van der Waals surface area contributed by atoms with Crippen molar-refractivity contribution in [2.75, 3.05) is 0 Å². The number of hydrogen-bond acceptors (Lipinski definition) is 2. The molecule has 0 saturated heterocycles. The Morgan fingerprint density at radius 1 is 1.46 bits per heavy atom. The van der Waals surface area contributed by atoms with Crippen LogP contribution in [0.3, 0.4) is 0 Å². The predicted molar refractivity (Wildman–Crippen MR) is 49.4 cm³/mol. The lowest BCUT2D eigenvalue weighted by Gasteiger charge is -2.35. The Morgan fingerprint density at radius 3 is 2.23 bits per heavy atom. The predicted octanol–water partition coefficient (Wildman–Crippen LogP) is 1.57. The largest absolute Gasteiger partial charge is 0.481 e. The van der Waals surface area contributed by atoms with E-state index in [2.05, 4.69) is 6.58 Å². The van der Waals surface area contributed by atoms with Gasteiger partial charge in [-0.3, -0.25) is 4.79 Å². The van der Waals surface area contributed by atoms with Crippen LogP contribution in [-0.2, 0) is 4.79 Å². The molecule has 13 heavy (non-hydrogen) atoms. The highest BCUT2D eigenvalue weighted by Gasteiger charge is 2.35. The van der Waals surface area contributed by atoms with Gasteiger partial charge in [-0.05, 0) is 38.2 Å². The van der Waals surface area contributed by atoms with Gasteiger partial charge in [0.05, 0.1) is 11.5 Å². The third kappa shape index (κ3) is 2.10. The van der Waals surface area contributed by atoms with E-state index in [0.717, 1.165) is 5.57 Å². The molecule has 0 amide bonds. The molecule has 1 saturated carbocycles. The van der Waals surface area contributed by atoms with Crippen LogP contribution < -0.4 is 0 Å². The summed E-state index contributed by atoms with van der Waals surface area (Å²) in [6.45, 7) is 5.52. The summed E-state index contributed by atoms with van der Waals surface area (Å²) in [7, 11) is 0. The summed E-state index contributed by atoms with van der Waals surface area (Å²) in [5.74, 6) is -1.02. The molecule has 0 unspecified atom stereocenters. The highest BCUT2D eigenvalue weighted by Crippen LogP contribution is 2.36. The van der Waals surface area contributed by atoms with Crippen molar-refractivity contribution in [1.82, 2.24) is 0 Å². The first-order valence-electron chi connectivity index (χ1n) is 4.57. The van der Waals surface area contributed by atoms with E-state index < -0.39 is 11.6 Å². The molecular formula is C10H16O3. The van der Waals surface area contributed by atoms with Gasteiger partial charge in [0.25, 0.3) is 0 Å². The maximum Gasteiger partial charge on any atom is 0.306 e. The van der Waals surface area contributed by atoms with E-state index in [1.165, 1.54) is 0 Å². The number of hydrogen-bond donors (Lipinski definition) is 2. The van der Waals surface area contributed by atoms with Crippen LogP contribution in [0.1, 0.15) is 32.6 Å². The lowest BCUT2D eigenvalue weighted by molar-refractivity contribution is -0.144. The van der Waals surface area contributed by atoms with E-state index in [9.17, 15) is 9.90 Å². The van der Waals surface area contributed by atoms with E-state index in [1.54, 1.807) is 6.92 Å². The summed E-state index contributed by atoms with van der Waals surface area (Å²) in [6.07, 6.45) is 2.16. The summed E-state index contributed by atoms with van der Waals surface area (Å²) >= 11 is 0. The first-order chi connectivity index (χ1) is 5.96. The van der Waals surface area contributed by atoms with Crippen LogP contribution in [-0.4, -0.2) is 21.8 Å². The highest BCUT2D eigenvalue weighted by atomic mass is 16.4. The van der Waals surface area contributed by atoms with E-state index in [1.807, 2.05) is 0 Å². The van der Waals surface area contributed by atoms with Crippen LogP contribution in [0.25, 0.3) is 0 Å². The van der Waals surface area contributed by atoms with Gasteiger partial charge in [0.1, 0.15) is 0 Å². The van der Waals surface area contributed by atoms with Crippen molar-refractivity contribution in [3.8, 4) is 0 Å². The van der Waals surface area contributed by atoms with Gasteiger partial charge in [-0.15, -0.1) is 0 Å². The normalized spacial score (nSPS) is 34.2. The second-order valence-electron chi connectivity index (χ2n) is 3.92. The lowest BCUT2D eigenvalue weighted by atomic mass is 9.76. The molecule has 0 radical (unpaired) electrons. The Labute approximate surface area is 78.1 Å². The molecule has 0 aliphatic heterocycles. The Hall–Kier alpha value is -0.830. The van der Waals surface area contributed by atoms with Crippen molar-refractivity contribution in [3.63, 3.8) is 0 Å². The van der Waals surface area contributed by atoms with Gasteiger partial charge in [0, 0.05) is 0 Å². The van der Waals surface area contributed by atoms with Crippen molar-refractivity contribution < 1.29 is 15.0 Å². The van der Waals surface area contributed by atoms with Gasteiger partial charge < -0.3 is 10.2 Å². The van der Waals surface area contributed by atoms with E-state index in [-0.39, 0.29) is 5.92 Å². The Balaban J connectivity index is 2.56. The van der Waals surface area contributed by atoms with Crippen molar-refractivity contribution >= 4 is 5.97 Å². The molecule has 0 aromatic carbocycles. The summed E-state index contributed by atoms with van der Waals surface area (Å²) in [4.78, 5) is 10.6. The zero-order chi connectivity index (χ0) is 10.1. The summed E-state index contributed by atoms with van der Waals surface area (Å²) in [5, 5.41) is 18.7. The number of aliphatic hydroxyl groups is 1. The van der Waals surface area contributed by atoms with Crippen LogP contribution in [0.2, 0.25) is 0 Å². The molecule has 2 N–H and O–H groups in total. The average Bonchev–Trinajstić information content (AvgIpc) is 2.04. The molecule has 1 aliphatic carbocycles. The SMILES string of the molecule is C=C(C)C1(O)CCC(C(=O)O)CC1. The topological polar surface area (TPSA) is 57.5 Å². The number of rotatable bonds is 2. The highest BCUT2D eigenvalue weighted by molar-refractivity contribution is 5.70. The maximum absolute atomic E-state index is 10.6. The smallest absolute Gasteiger partial charge is 0.306 e. The molecule has 0 atom stereocenters. The minimum absolute atomic E-state index is 0.278. The molecule has 0 aromatic heterocycles. The van der Waals surface area contributed by atoms with Gasteiger partial charge in [0.15, 0.2) is 0 Å². The molecule has 3 nitrogen and oxygen atoms in total. The Bertz CT molecular complexity index is 224. The van der Waals surface area contributed by atoms with Crippen LogP contribution in [0.15, 0.2) is 12.2 Å². The maximum atomic E-state index is 10.6. The number of carboxylic acid groups (broad SMARTS) is 1. The molecule has 74 valence electrons. The number of aliphatic carboxylic acids is 1. The molecule has 1 rings (SSSR count). The second kappa shape index (κ2) is 3.50. The summed E-state index contributed by atoms with van der Waals surface area (Å²) in [6, 6.07) is 0. The number of carbonyl (C=O) groups is 1. The van der Waals surface area contributed by atoms with Crippen LogP contribution in [0.5, 0.6) is 0 Å². The van der Waals surface area contributed by atoms with Crippen molar-refractivity contribution in [2.24, 2.45) is 5.92 Å². The van der Waals surface area contributed by atoms with E-state index in [0.29, 0.717) is 25.7 Å². The molecular weight excluding hydrogens is 168 g/mol. The average molecular weight is 184 g/mol. The van der Waals surface area contributed by atoms with Gasteiger partial charge >= 0.3 is 5.97 Å². The number of carboxylic acids is 1. The van der Waals surface area contributed by atoms with Crippen LogP contribution in [0.4, 0.5) is 0 Å². The summed E-state index contributed by atoms with van der Waals surface area (Å²) < 4.78 is 0. The Morgan fingerprint density at radius 2 is 1.92 bits per heavy atom. The van der Waals surface area contributed by atoms with Gasteiger partial charge in [-0.1, -0.05) is 6.58 Å². The van der Waals surface area contributed by atoms with Gasteiger partial charge in [0.2, 0.25) is 0 Å². The van der Waals surface area contributed by atoms with Crippen molar-refractivity contribution in [1.29, 1.82) is 0 Å². The molecule has 3 heteroatoms. The van der Waals surface area contributed by atoms with Crippen LogP contribution in [0, 0.1) is 5.92 Å².